The Morgan fingerprint density at radius 1 is 0.780 bits per heavy atom. The highest BCUT2D eigenvalue weighted by Gasteiger charge is 2.31. The fraction of sp³-hybridized carbons (Fsp3) is 0.0938. The lowest BCUT2D eigenvalue weighted by atomic mass is 9.83. The molecule has 0 spiro atoms. The number of aryl methyl sites for hydroxylation is 1. The van der Waals surface area contributed by atoms with Crippen LogP contribution in [0.25, 0.3) is 5.69 Å². The number of rotatable bonds is 8. The standard InChI is InChI=1S/C32H25N5O3S/c1-20-14-16-21(17-15-20)33-18-27-35-36-32(37(27)22-8-3-2-4-9-22)41-19-28(38)34-26-13-7-12-25-29(26)31(40)24-11-6-5-10-23(24)30(25)39/h2-17,33H,18-19H2,1H3,(H,34,38). The van der Waals surface area contributed by atoms with Gasteiger partial charge < -0.3 is 10.6 Å². The van der Waals surface area contributed by atoms with Crippen molar-refractivity contribution in [3.63, 3.8) is 0 Å². The number of fused-ring (bicyclic) bond motifs is 2. The molecule has 2 N–H and O–H groups in total. The number of carbonyl (C=O) groups excluding carboxylic acids is 3. The van der Waals surface area contributed by atoms with Gasteiger partial charge in [-0.15, -0.1) is 10.2 Å². The van der Waals surface area contributed by atoms with Crippen molar-refractivity contribution in [2.45, 2.75) is 18.6 Å². The van der Waals surface area contributed by atoms with Gasteiger partial charge in [0, 0.05) is 28.1 Å². The number of nitrogens with one attached hydrogen (secondary N) is 2. The number of hydrogen-bond donors (Lipinski definition) is 2. The van der Waals surface area contributed by atoms with Crippen LogP contribution in [-0.4, -0.2) is 38.0 Å². The predicted molar refractivity (Wildman–Crippen MR) is 159 cm³/mol. The Kier molecular flexibility index (Phi) is 7.18. The first-order valence-electron chi connectivity index (χ1n) is 13.0. The van der Waals surface area contributed by atoms with Gasteiger partial charge in [-0.1, -0.05) is 84.1 Å². The molecule has 6 rings (SSSR count). The van der Waals surface area contributed by atoms with Gasteiger partial charge in [0.2, 0.25) is 5.91 Å². The average molecular weight is 560 g/mol. The van der Waals surface area contributed by atoms with Crippen molar-refractivity contribution in [3.8, 4) is 5.69 Å². The Labute approximate surface area is 240 Å². The minimum atomic E-state index is -0.329. The monoisotopic (exact) mass is 559 g/mol. The molecule has 5 aromatic rings. The Balaban J connectivity index is 1.20. The number of hydrogen-bond acceptors (Lipinski definition) is 7. The molecule has 8 nitrogen and oxygen atoms in total. The van der Waals surface area contributed by atoms with E-state index in [1.54, 1.807) is 42.5 Å². The van der Waals surface area contributed by atoms with E-state index in [0.29, 0.717) is 34.3 Å². The zero-order valence-electron chi connectivity index (χ0n) is 22.1. The van der Waals surface area contributed by atoms with E-state index in [4.69, 9.17) is 0 Å². The lowest BCUT2D eigenvalue weighted by Gasteiger charge is -2.20. The molecule has 1 amide bonds. The van der Waals surface area contributed by atoms with Crippen LogP contribution in [0.3, 0.4) is 0 Å². The average Bonchev–Trinajstić information content (AvgIpc) is 3.41. The van der Waals surface area contributed by atoms with Crippen LogP contribution < -0.4 is 10.6 Å². The molecule has 9 heteroatoms. The summed E-state index contributed by atoms with van der Waals surface area (Å²) in [5, 5.41) is 15.5. The summed E-state index contributed by atoms with van der Waals surface area (Å²) in [5.41, 5.74) is 4.54. The molecule has 1 heterocycles. The lowest BCUT2D eigenvalue weighted by Crippen LogP contribution is -2.24. The molecule has 0 saturated heterocycles. The van der Waals surface area contributed by atoms with E-state index >= 15 is 0 Å². The van der Waals surface area contributed by atoms with E-state index in [-0.39, 0.29) is 34.4 Å². The number of amides is 1. The summed E-state index contributed by atoms with van der Waals surface area (Å²) in [7, 11) is 0. The number of para-hydroxylation sites is 1. The third kappa shape index (κ3) is 5.27. The fourth-order valence-electron chi connectivity index (χ4n) is 4.76. The van der Waals surface area contributed by atoms with Gasteiger partial charge in [-0.05, 0) is 37.3 Å². The van der Waals surface area contributed by atoms with Gasteiger partial charge in [-0.25, -0.2) is 0 Å². The summed E-state index contributed by atoms with van der Waals surface area (Å²) >= 11 is 1.24. The molecule has 0 aliphatic heterocycles. The van der Waals surface area contributed by atoms with Gasteiger partial charge in [0.25, 0.3) is 0 Å². The fourth-order valence-corrected chi connectivity index (χ4v) is 5.53. The molecule has 202 valence electrons. The van der Waals surface area contributed by atoms with Crippen LogP contribution in [0, 0.1) is 6.92 Å². The number of thioether (sulfide) groups is 1. The molecular weight excluding hydrogens is 534 g/mol. The van der Waals surface area contributed by atoms with Crippen LogP contribution in [-0.2, 0) is 11.3 Å². The first-order chi connectivity index (χ1) is 20.0. The van der Waals surface area contributed by atoms with Gasteiger partial charge >= 0.3 is 0 Å². The molecule has 0 radical (unpaired) electrons. The van der Waals surface area contributed by atoms with Crippen LogP contribution in [0.5, 0.6) is 0 Å². The van der Waals surface area contributed by atoms with E-state index in [2.05, 4.69) is 20.8 Å². The number of carbonyl (C=O) groups is 3. The summed E-state index contributed by atoms with van der Waals surface area (Å²) < 4.78 is 1.92. The summed E-state index contributed by atoms with van der Waals surface area (Å²) in [5.74, 6) is -0.126. The van der Waals surface area contributed by atoms with Crippen LogP contribution in [0.15, 0.2) is 102 Å². The minimum Gasteiger partial charge on any atom is -0.378 e. The zero-order valence-corrected chi connectivity index (χ0v) is 22.9. The first kappa shape index (κ1) is 26.2. The van der Waals surface area contributed by atoms with Crippen LogP contribution >= 0.6 is 11.8 Å². The van der Waals surface area contributed by atoms with Crippen molar-refractivity contribution in [3.05, 3.63) is 131 Å². The van der Waals surface area contributed by atoms with Gasteiger partial charge in [0.1, 0.15) is 0 Å². The van der Waals surface area contributed by atoms with Crippen LogP contribution in [0.2, 0.25) is 0 Å². The minimum absolute atomic E-state index is 0.0265. The van der Waals surface area contributed by atoms with Gasteiger partial charge in [-0.2, -0.15) is 0 Å². The maximum atomic E-state index is 13.3. The van der Waals surface area contributed by atoms with E-state index in [0.717, 1.165) is 11.4 Å². The summed E-state index contributed by atoms with van der Waals surface area (Å²) in [6.07, 6.45) is 0. The van der Waals surface area contributed by atoms with Crippen molar-refractivity contribution in [2.24, 2.45) is 0 Å². The molecule has 0 bridgehead atoms. The maximum absolute atomic E-state index is 13.3. The molecular formula is C32H25N5O3S. The highest BCUT2D eigenvalue weighted by molar-refractivity contribution is 7.99. The third-order valence-electron chi connectivity index (χ3n) is 6.78. The van der Waals surface area contributed by atoms with Crippen LogP contribution in [0.1, 0.15) is 43.2 Å². The Morgan fingerprint density at radius 2 is 1.46 bits per heavy atom. The quantitative estimate of drug-likeness (QED) is 0.231. The highest BCUT2D eigenvalue weighted by Crippen LogP contribution is 2.32. The summed E-state index contributed by atoms with van der Waals surface area (Å²) in [4.78, 5) is 39.4. The largest absolute Gasteiger partial charge is 0.378 e. The topological polar surface area (TPSA) is 106 Å². The maximum Gasteiger partial charge on any atom is 0.234 e. The smallest absolute Gasteiger partial charge is 0.234 e. The van der Waals surface area contributed by atoms with Gasteiger partial charge in [-0.3, -0.25) is 19.0 Å². The lowest BCUT2D eigenvalue weighted by molar-refractivity contribution is -0.113. The van der Waals surface area contributed by atoms with E-state index in [1.165, 1.54) is 17.3 Å². The Hall–Kier alpha value is -5.02. The second-order valence-electron chi connectivity index (χ2n) is 9.56. The molecule has 0 fully saturated rings. The number of aromatic nitrogens is 3. The van der Waals surface area contributed by atoms with Crippen molar-refractivity contribution < 1.29 is 14.4 Å². The van der Waals surface area contributed by atoms with E-state index in [9.17, 15) is 14.4 Å². The van der Waals surface area contributed by atoms with Gasteiger partial charge in [0.15, 0.2) is 22.5 Å². The van der Waals surface area contributed by atoms with Crippen molar-refractivity contribution >= 4 is 40.6 Å². The number of anilines is 2. The molecule has 4 aromatic carbocycles. The van der Waals surface area contributed by atoms with E-state index in [1.807, 2.05) is 66.1 Å². The van der Waals surface area contributed by atoms with Crippen molar-refractivity contribution in [1.82, 2.24) is 14.8 Å². The summed E-state index contributed by atoms with van der Waals surface area (Å²) in [6.45, 7) is 2.48. The molecule has 41 heavy (non-hydrogen) atoms. The van der Waals surface area contributed by atoms with E-state index < -0.39 is 0 Å². The first-order valence-corrected chi connectivity index (χ1v) is 14.0. The third-order valence-corrected chi connectivity index (χ3v) is 7.70. The number of ketones is 2. The highest BCUT2D eigenvalue weighted by atomic mass is 32.2. The molecule has 1 aromatic heterocycles. The van der Waals surface area contributed by atoms with Gasteiger partial charge in [0.05, 0.1) is 23.5 Å². The van der Waals surface area contributed by atoms with Crippen molar-refractivity contribution in [1.29, 1.82) is 0 Å². The number of benzene rings is 4. The normalized spacial score (nSPS) is 12.0. The number of nitrogens with zero attached hydrogens (tertiary/aromatic N) is 3. The second-order valence-corrected chi connectivity index (χ2v) is 10.5. The second kappa shape index (κ2) is 11.2. The van der Waals surface area contributed by atoms with Crippen LogP contribution in [0.4, 0.5) is 11.4 Å². The molecule has 0 atom stereocenters. The Morgan fingerprint density at radius 3 is 2.22 bits per heavy atom. The van der Waals surface area contributed by atoms with Crippen molar-refractivity contribution in [2.75, 3.05) is 16.4 Å². The predicted octanol–water partition coefficient (Wildman–Crippen LogP) is 5.69. The molecule has 1 aliphatic carbocycles. The summed E-state index contributed by atoms with van der Waals surface area (Å²) in [6, 6.07) is 29.5. The zero-order chi connectivity index (χ0) is 28.3. The molecule has 1 aliphatic rings. The molecule has 0 unspecified atom stereocenters. The molecule has 0 saturated carbocycles. The Bertz CT molecular complexity index is 1780. The SMILES string of the molecule is Cc1ccc(NCc2nnc(SCC(=O)Nc3cccc4c3C(=O)c3ccccc3C4=O)n2-c2ccccc2)cc1.